The standard InChI is InChI=1S/C18H18FNO2/c1-22-16-4-2-3-13(11-16)5-8-18(21)20-10-9-14-12-15(19)6-7-17(14)20/h2-4,6-7,11-12H,5,8-10H2,1H3. The number of fused-ring (bicyclic) bond motifs is 1. The molecule has 1 amide bonds. The molecule has 0 unspecified atom stereocenters. The second kappa shape index (κ2) is 6.18. The number of hydrogen-bond acceptors (Lipinski definition) is 2. The number of nitrogens with zero attached hydrogens (tertiary/aromatic N) is 1. The summed E-state index contributed by atoms with van der Waals surface area (Å²) >= 11 is 0. The van der Waals surface area contributed by atoms with Crippen LogP contribution in [0, 0.1) is 5.82 Å². The minimum atomic E-state index is -0.246. The largest absolute Gasteiger partial charge is 0.497 e. The number of halogens is 1. The van der Waals surface area contributed by atoms with Gasteiger partial charge in [0.15, 0.2) is 0 Å². The molecule has 0 spiro atoms. The highest BCUT2D eigenvalue weighted by atomic mass is 19.1. The molecule has 114 valence electrons. The van der Waals surface area contributed by atoms with Gasteiger partial charge in [0.05, 0.1) is 7.11 Å². The number of benzene rings is 2. The second-order valence-electron chi connectivity index (χ2n) is 5.42. The number of methoxy groups -OCH3 is 1. The van der Waals surface area contributed by atoms with E-state index in [1.165, 1.54) is 12.1 Å². The number of carbonyl (C=O) groups excluding carboxylic acids is 1. The lowest BCUT2D eigenvalue weighted by atomic mass is 10.1. The number of anilines is 1. The third-order valence-electron chi connectivity index (χ3n) is 4.00. The molecule has 3 rings (SSSR count). The minimum absolute atomic E-state index is 0.0770. The summed E-state index contributed by atoms with van der Waals surface area (Å²) in [4.78, 5) is 14.2. The molecule has 1 aliphatic rings. The second-order valence-corrected chi connectivity index (χ2v) is 5.42. The first-order valence-corrected chi connectivity index (χ1v) is 7.39. The lowest BCUT2D eigenvalue weighted by Gasteiger charge is -2.17. The van der Waals surface area contributed by atoms with Crippen LogP contribution in [0.25, 0.3) is 0 Å². The molecule has 0 atom stereocenters. The van der Waals surface area contributed by atoms with Crippen LogP contribution in [0.3, 0.4) is 0 Å². The average Bonchev–Trinajstić information content (AvgIpc) is 2.95. The van der Waals surface area contributed by atoms with Crippen molar-refractivity contribution in [2.45, 2.75) is 19.3 Å². The third-order valence-corrected chi connectivity index (χ3v) is 4.00. The molecule has 0 bridgehead atoms. The summed E-state index contributed by atoms with van der Waals surface area (Å²) in [6.45, 7) is 0.635. The maximum atomic E-state index is 13.2. The van der Waals surface area contributed by atoms with E-state index in [0.29, 0.717) is 19.4 Å². The van der Waals surface area contributed by atoms with Crippen molar-refractivity contribution in [3.63, 3.8) is 0 Å². The average molecular weight is 299 g/mol. The molecule has 22 heavy (non-hydrogen) atoms. The van der Waals surface area contributed by atoms with Gasteiger partial charge in [0, 0.05) is 18.7 Å². The van der Waals surface area contributed by atoms with Crippen molar-refractivity contribution in [1.82, 2.24) is 0 Å². The zero-order valence-electron chi connectivity index (χ0n) is 12.5. The molecule has 4 heteroatoms. The van der Waals surface area contributed by atoms with Crippen LogP contribution >= 0.6 is 0 Å². The van der Waals surface area contributed by atoms with E-state index in [2.05, 4.69) is 0 Å². The fourth-order valence-electron chi connectivity index (χ4n) is 2.84. The molecule has 1 aliphatic heterocycles. The summed E-state index contributed by atoms with van der Waals surface area (Å²) in [7, 11) is 1.63. The Labute approximate surface area is 129 Å². The maximum Gasteiger partial charge on any atom is 0.227 e. The Morgan fingerprint density at radius 1 is 1.27 bits per heavy atom. The normalized spacial score (nSPS) is 13.1. The number of rotatable bonds is 4. The molecule has 0 N–H and O–H groups in total. The Hall–Kier alpha value is -2.36. The van der Waals surface area contributed by atoms with Gasteiger partial charge in [0.1, 0.15) is 11.6 Å². The van der Waals surface area contributed by atoms with Crippen molar-refractivity contribution in [3.05, 3.63) is 59.4 Å². The zero-order chi connectivity index (χ0) is 15.5. The maximum absolute atomic E-state index is 13.2. The first kappa shape index (κ1) is 14.6. The Kier molecular flexibility index (Phi) is 4.09. The number of hydrogen-bond donors (Lipinski definition) is 0. The van der Waals surface area contributed by atoms with Crippen LogP contribution in [0.2, 0.25) is 0 Å². The van der Waals surface area contributed by atoms with E-state index in [-0.39, 0.29) is 11.7 Å². The Morgan fingerprint density at radius 3 is 2.95 bits per heavy atom. The zero-order valence-corrected chi connectivity index (χ0v) is 12.5. The number of carbonyl (C=O) groups is 1. The molecule has 2 aromatic carbocycles. The molecule has 0 fully saturated rings. The molecular weight excluding hydrogens is 281 g/mol. The van der Waals surface area contributed by atoms with Crippen LogP contribution < -0.4 is 9.64 Å². The van der Waals surface area contributed by atoms with Crippen LogP contribution in [-0.4, -0.2) is 19.6 Å². The summed E-state index contributed by atoms with van der Waals surface area (Å²) in [5, 5.41) is 0. The van der Waals surface area contributed by atoms with Gasteiger partial charge in [-0.05, 0) is 54.3 Å². The monoisotopic (exact) mass is 299 g/mol. The Balaban J connectivity index is 1.66. The van der Waals surface area contributed by atoms with E-state index in [1.54, 1.807) is 18.1 Å². The van der Waals surface area contributed by atoms with Crippen molar-refractivity contribution in [1.29, 1.82) is 0 Å². The van der Waals surface area contributed by atoms with Gasteiger partial charge >= 0.3 is 0 Å². The Morgan fingerprint density at radius 2 is 2.14 bits per heavy atom. The first-order valence-electron chi connectivity index (χ1n) is 7.39. The SMILES string of the molecule is COc1cccc(CCC(=O)N2CCc3cc(F)ccc32)c1. The van der Waals surface area contributed by atoms with Gasteiger partial charge in [-0.25, -0.2) is 4.39 Å². The molecule has 0 radical (unpaired) electrons. The topological polar surface area (TPSA) is 29.5 Å². The van der Waals surface area contributed by atoms with Gasteiger partial charge < -0.3 is 9.64 Å². The fraction of sp³-hybridized carbons (Fsp3) is 0.278. The highest BCUT2D eigenvalue weighted by Crippen LogP contribution is 2.29. The van der Waals surface area contributed by atoms with Crippen LogP contribution in [0.1, 0.15) is 17.5 Å². The Bertz CT molecular complexity index is 699. The third kappa shape index (κ3) is 2.96. The van der Waals surface area contributed by atoms with E-state index in [4.69, 9.17) is 4.74 Å². The van der Waals surface area contributed by atoms with Gasteiger partial charge in [0.2, 0.25) is 5.91 Å². The highest BCUT2D eigenvalue weighted by molar-refractivity contribution is 5.95. The molecular formula is C18H18FNO2. The van der Waals surface area contributed by atoms with Crippen molar-refractivity contribution in [3.8, 4) is 5.75 Å². The van der Waals surface area contributed by atoms with Crippen molar-refractivity contribution in [2.75, 3.05) is 18.6 Å². The summed E-state index contributed by atoms with van der Waals surface area (Å²) in [5.41, 5.74) is 2.83. The van der Waals surface area contributed by atoms with Crippen LogP contribution in [0.4, 0.5) is 10.1 Å². The molecule has 0 aromatic heterocycles. The van der Waals surface area contributed by atoms with Crippen LogP contribution in [-0.2, 0) is 17.6 Å². The van der Waals surface area contributed by atoms with Crippen molar-refractivity contribution in [2.24, 2.45) is 0 Å². The van der Waals surface area contributed by atoms with E-state index in [9.17, 15) is 9.18 Å². The van der Waals surface area contributed by atoms with Crippen LogP contribution in [0.15, 0.2) is 42.5 Å². The summed E-state index contributed by atoms with van der Waals surface area (Å²) in [6, 6.07) is 12.4. The fourth-order valence-corrected chi connectivity index (χ4v) is 2.84. The van der Waals surface area contributed by atoms with Gasteiger partial charge in [0.25, 0.3) is 0 Å². The molecule has 0 saturated heterocycles. The van der Waals surface area contributed by atoms with Crippen molar-refractivity contribution >= 4 is 11.6 Å². The smallest absolute Gasteiger partial charge is 0.227 e. The highest BCUT2D eigenvalue weighted by Gasteiger charge is 2.24. The minimum Gasteiger partial charge on any atom is -0.497 e. The van der Waals surface area contributed by atoms with Gasteiger partial charge in [-0.15, -0.1) is 0 Å². The molecule has 1 heterocycles. The number of ether oxygens (including phenoxy) is 1. The molecule has 0 saturated carbocycles. The van der Waals surface area contributed by atoms with Gasteiger partial charge in [-0.3, -0.25) is 4.79 Å². The lowest BCUT2D eigenvalue weighted by Crippen LogP contribution is -2.29. The summed E-state index contributed by atoms with van der Waals surface area (Å²) in [6.07, 6.45) is 1.82. The van der Waals surface area contributed by atoms with E-state index in [1.807, 2.05) is 24.3 Å². The van der Waals surface area contributed by atoms with Crippen LogP contribution in [0.5, 0.6) is 5.75 Å². The lowest BCUT2D eigenvalue weighted by molar-refractivity contribution is -0.118. The number of aryl methyl sites for hydroxylation is 1. The molecule has 3 nitrogen and oxygen atoms in total. The quantitative estimate of drug-likeness (QED) is 0.866. The van der Waals surface area contributed by atoms with Gasteiger partial charge in [-0.2, -0.15) is 0 Å². The molecule has 2 aromatic rings. The summed E-state index contributed by atoms with van der Waals surface area (Å²) in [5.74, 6) is 0.629. The first-order chi connectivity index (χ1) is 10.7. The van der Waals surface area contributed by atoms with E-state index < -0.39 is 0 Å². The predicted octanol–water partition coefficient (Wildman–Crippen LogP) is 3.36. The van der Waals surface area contributed by atoms with E-state index in [0.717, 1.165) is 29.0 Å². The predicted molar refractivity (Wildman–Crippen MR) is 83.8 cm³/mol. The number of amides is 1. The van der Waals surface area contributed by atoms with Crippen molar-refractivity contribution < 1.29 is 13.9 Å². The van der Waals surface area contributed by atoms with E-state index >= 15 is 0 Å². The van der Waals surface area contributed by atoms with Gasteiger partial charge in [-0.1, -0.05) is 12.1 Å². The molecule has 0 aliphatic carbocycles. The summed E-state index contributed by atoms with van der Waals surface area (Å²) < 4.78 is 18.4.